The highest BCUT2D eigenvalue weighted by Crippen LogP contribution is 2.29. The number of benzene rings is 2. The second-order valence-electron chi connectivity index (χ2n) is 6.84. The summed E-state index contributed by atoms with van der Waals surface area (Å²) in [5.41, 5.74) is 3.76. The average Bonchev–Trinajstić information content (AvgIpc) is 3.06. The Hall–Kier alpha value is -2.01. The van der Waals surface area contributed by atoms with Gasteiger partial charge >= 0.3 is 0 Å². The fourth-order valence-corrected chi connectivity index (χ4v) is 4.02. The number of anilines is 1. The third kappa shape index (κ3) is 3.58. The summed E-state index contributed by atoms with van der Waals surface area (Å²) in [6.45, 7) is 5.82. The zero-order valence-electron chi connectivity index (χ0n) is 14.8. The molecule has 1 aliphatic heterocycles. The van der Waals surface area contributed by atoms with Crippen molar-refractivity contribution < 1.29 is 5.11 Å². The van der Waals surface area contributed by atoms with E-state index in [1.54, 1.807) is 0 Å². The molecule has 0 unspecified atom stereocenters. The normalized spacial score (nSPS) is 15.7. The Kier molecular flexibility index (Phi) is 5.16. The molecule has 1 aliphatic rings. The van der Waals surface area contributed by atoms with Crippen LogP contribution in [-0.4, -0.2) is 53.9 Å². The molecule has 1 N–H and O–H groups in total. The van der Waals surface area contributed by atoms with E-state index in [0.717, 1.165) is 44.3 Å². The van der Waals surface area contributed by atoms with Crippen LogP contribution >= 0.6 is 11.6 Å². The molecule has 5 heteroatoms. The molecule has 0 spiro atoms. The molecule has 2 heterocycles. The van der Waals surface area contributed by atoms with E-state index in [0.29, 0.717) is 0 Å². The van der Waals surface area contributed by atoms with Gasteiger partial charge in [0, 0.05) is 61.6 Å². The number of piperazine rings is 1. The van der Waals surface area contributed by atoms with Crippen molar-refractivity contribution in [3.8, 4) is 0 Å². The van der Waals surface area contributed by atoms with Gasteiger partial charge in [-0.3, -0.25) is 4.90 Å². The first-order valence-corrected chi connectivity index (χ1v) is 9.53. The van der Waals surface area contributed by atoms with Crippen LogP contribution in [0, 0.1) is 0 Å². The van der Waals surface area contributed by atoms with Gasteiger partial charge < -0.3 is 14.6 Å². The van der Waals surface area contributed by atoms with Crippen LogP contribution < -0.4 is 4.90 Å². The Morgan fingerprint density at radius 3 is 2.54 bits per heavy atom. The number of fused-ring (bicyclic) bond motifs is 1. The molecule has 26 heavy (non-hydrogen) atoms. The molecule has 4 rings (SSSR count). The van der Waals surface area contributed by atoms with E-state index in [9.17, 15) is 0 Å². The molecule has 0 bridgehead atoms. The van der Waals surface area contributed by atoms with E-state index in [-0.39, 0.29) is 6.61 Å². The van der Waals surface area contributed by atoms with Crippen molar-refractivity contribution >= 4 is 28.2 Å². The summed E-state index contributed by atoms with van der Waals surface area (Å²) in [6, 6.07) is 16.8. The van der Waals surface area contributed by atoms with Crippen LogP contribution in [-0.2, 0) is 6.54 Å². The molecular weight excluding hydrogens is 346 g/mol. The Balaban J connectivity index is 1.57. The fourth-order valence-electron chi connectivity index (χ4n) is 3.81. The van der Waals surface area contributed by atoms with Crippen molar-refractivity contribution in [3.63, 3.8) is 0 Å². The van der Waals surface area contributed by atoms with Gasteiger partial charge in [0.05, 0.1) is 12.1 Å². The molecule has 1 saturated heterocycles. The summed E-state index contributed by atoms with van der Waals surface area (Å²) in [4.78, 5) is 4.78. The van der Waals surface area contributed by atoms with E-state index in [4.69, 9.17) is 16.7 Å². The molecule has 0 amide bonds. The highest BCUT2D eigenvalue weighted by atomic mass is 35.5. The third-order valence-electron chi connectivity index (χ3n) is 5.16. The number of rotatable bonds is 5. The van der Waals surface area contributed by atoms with E-state index in [2.05, 4.69) is 50.9 Å². The highest BCUT2D eigenvalue weighted by Gasteiger charge is 2.18. The van der Waals surface area contributed by atoms with Crippen molar-refractivity contribution in [2.45, 2.75) is 6.54 Å². The first-order chi connectivity index (χ1) is 12.7. The smallest absolute Gasteiger partial charge is 0.0558 e. The molecular formula is C21H24ClN3O. The molecule has 0 saturated carbocycles. The van der Waals surface area contributed by atoms with Gasteiger partial charge in [-0.05, 0) is 35.9 Å². The first kappa shape index (κ1) is 17.4. The second-order valence-corrected chi connectivity index (χ2v) is 7.27. The van der Waals surface area contributed by atoms with Gasteiger partial charge in [0.1, 0.15) is 0 Å². The minimum absolute atomic E-state index is 0.238. The maximum Gasteiger partial charge on any atom is 0.0558 e. The molecule has 1 aromatic heterocycles. The Morgan fingerprint density at radius 2 is 1.77 bits per heavy atom. The molecule has 0 aliphatic carbocycles. The summed E-state index contributed by atoms with van der Waals surface area (Å²) in [5.74, 6) is 0. The van der Waals surface area contributed by atoms with Gasteiger partial charge in [-0.1, -0.05) is 29.8 Å². The standard InChI is InChI=1S/C21H24ClN3O/c22-18-4-1-3-17(15-18)16-25-8-7-19-20(5-2-6-21(19)25)24-11-9-23(10-12-24)13-14-26/h1-8,15,26H,9-14,16H2. The largest absolute Gasteiger partial charge is 0.395 e. The Bertz CT molecular complexity index is 884. The van der Waals surface area contributed by atoms with Crippen LogP contribution in [0.4, 0.5) is 5.69 Å². The van der Waals surface area contributed by atoms with Gasteiger partial charge in [-0.2, -0.15) is 0 Å². The number of aliphatic hydroxyl groups is 1. The Morgan fingerprint density at radius 1 is 0.962 bits per heavy atom. The van der Waals surface area contributed by atoms with Crippen molar-refractivity contribution in [3.05, 3.63) is 65.3 Å². The quantitative estimate of drug-likeness (QED) is 0.747. The summed E-state index contributed by atoms with van der Waals surface area (Å²) < 4.78 is 2.28. The number of nitrogens with zero attached hydrogens (tertiary/aromatic N) is 3. The van der Waals surface area contributed by atoms with Gasteiger partial charge in [0.15, 0.2) is 0 Å². The summed E-state index contributed by atoms with van der Waals surface area (Å²) in [7, 11) is 0. The lowest BCUT2D eigenvalue weighted by molar-refractivity contribution is 0.189. The molecule has 136 valence electrons. The number of hydrogen-bond acceptors (Lipinski definition) is 3. The molecule has 0 atom stereocenters. The topological polar surface area (TPSA) is 31.6 Å². The van der Waals surface area contributed by atoms with Crippen LogP contribution in [0.3, 0.4) is 0 Å². The Labute approximate surface area is 159 Å². The molecule has 2 aromatic carbocycles. The van der Waals surface area contributed by atoms with Crippen LogP contribution in [0.2, 0.25) is 5.02 Å². The van der Waals surface area contributed by atoms with E-state index >= 15 is 0 Å². The van der Waals surface area contributed by atoms with Gasteiger partial charge in [-0.25, -0.2) is 0 Å². The fraction of sp³-hybridized carbons (Fsp3) is 0.333. The zero-order chi connectivity index (χ0) is 17.9. The number of aliphatic hydroxyl groups excluding tert-OH is 1. The zero-order valence-corrected chi connectivity index (χ0v) is 15.6. The van der Waals surface area contributed by atoms with Crippen LogP contribution in [0.1, 0.15) is 5.56 Å². The van der Waals surface area contributed by atoms with Crippen molar-refractivity contribution in [1.29, 1.82) is 0 Å². The van der Waals surface area contributed by atoms with Gasteiger partial charge in [0.2, 0.25) is 0 Å². The number of aromatic nitrogens is 1. The summed E-state index contributed by atoms with van der Waals surface area (Å²) in [6.07, 6.45) is 2.16. The minimum atomic E-state index is 0.238. The van der Waals surface area contributed by atoms with E-state index in [1.807, 2.05) is 18.2 Å². The SMILES string of the molecule is OCCN1CCN(c2cccc3c2ccn3Cc2cccc(Cl)c2)CC1. The molecule has 4 nitrogen and oxygen atoms in total. The summed E-state index contributed by atoms with van der Waals surface area (Å²) in [5, 5.41) is 11.2. The predicted octanol–water partition coefficient (Wildman–Crippen LogP) is 3.46. The second kappa shape index (κ2) is 7.70. The highest BCUT2D eigenvalue weighted by molar-refractivity contribution is 6.30. The lowest BCUT2D eigenvalue weighted by Crippen LogP contribution is -2.47. The number of β-amino-alcohol motifs (C(OH)–C–C–N with tert-alkyl or cyclic N) is 1. The lowest BCUT2D eigenvalue weighted by atomic mass is 10.1. The van der Waals surface area contributed by atoms with Crippen LogP contribution in [0.5, 0.6) is 0 Å². The summed E-state index contributed by atoms with van der Waals surface area (Å²) >= 11 is 6.13. The van der Waals surface area contributed by atoms with Crippen molar-refractivity contribution in [2.75, 3.05) is 44.2 Å². The lowest BCUT2D eigenvalue weighted by Gasteiger charge is -2.36. The maximum absolute atomic E-state index is 9.12. The van der Waals surface area contributed by atoms with Gasteiger partial charge in [-0.15, -0.1) is 0 Å². The van der Waals surface area contributed by atoms with Crippen LogP contribution in [0.25, 0.3) is 10.9 Å². The van der Waals surface area contributed by atoms with E-state index < -0.39 is 0 Å². The monoisotopic (exact) mass is 369 g/mol. The molecule has 1 fully saturated rings. The maximum atomic E-state index is 9.12. The van der Waals surface area contributed by atoms with Crippen molar-refractivity contribution in [2.24, 2.45) is 0 Å². The average molecular weight is 370 g/mol. The van der Waals surface area contributed by atoms with Crippen molar-refractivity contribution in [1.82, 2.24) is 9.47 Å². The predicted molar refractivity (Wildman–Crippen MR) is 108 cm³/mol. The first-order valence-electron chi connectivity index (χ1n) is 9.15. The van der Waals surface area contributed by atoms with Crippen LogP contribution in [0.15, 0.2) is 54.7 Å². The number of hydrogen-bond donors (Lipinski definition) is 1. The van der Waals surface area contributed by atoms with E-state index in [1.165, 1.54) is 22.2 Å². The third-order valence-corrected chi connectivity index (χ3v) is 5.40. The minimum Gasteiger partial charge on any atom is -0.395 e. The van der Waals surface area contributed by atoms with Gasteiger partial charge in [0.25, 0.3) is 0 Å². The molecule has 3 aromatic rings. The number of halogens is 1. The molecule has 0 radical (unpaired) electrons.